The van der Waals surface area contributed by atoms with Gasteiger partial charge >= 0.3 is 0 Å². The second-order valence-corrected chi connectivity index (χ2v) is 15.3. The molecule has 0 unspecified atom stereocenters. The standard InChI is InChI=1S/C58H40N2/c1-4-15-41(16-5-1)43-27-32-48(33-28-43)59(50-23-14-22-47(39-50)42-17-6-2-7-18-42)51-36-37-52(55(40-51)44-19-8-3-9-20-44)46-29-34-49(35-30-46)60-56-26-13-12-25-54(56)58-53-24-11-10-21-45(53)31-38-57(58)60/h1-40H. The average molecular weight is 765 g/mol. The summed E-state index contributed by atoms with van der Waals surface area (Å²) >= 11 is 0. The normalized spacial score (nSPS) is 11.3. The molecule has 0 saturated carbocycles. The van der Waals surface area contributed by atoms with Gasteiger partial charge in [-0.2, -0.15) is 0 Å². The molecule has 11 rings (SSSR count). The van der Waals surface area contributed by atoms with Crippen molar-refractivity contribution in [3.8, 4) is 50.2 Å². The molecule has 0 fully saturated rings. The van der Waals surface area contributed by atoms with Gasteiger partial charge in [0.1, 0.15) is 0 Å². The largest absolute Gasteiger partial charge is 0.310 e. The van der Waals surface area contributed by atoms with Gasteiger partial charge in [0.15, 0.2) is 0 Å². The summed E-state index contributed by atoms with van der Waals surface area (Å²) in [7, 11) is 0. The maximum atomic E-state index is 2.41. The van der Waals surface area contributed by atoms with Gasteiger partial charge in [0.2, 0.25) is 0 Å². The summed E-state index contributed by atoms with van der Waals surface area (Å²) in [6.45, 7) is 0. The lowest BCUT2D eigenvalue weighted by Crippen LogP contribution is -2.10. The molecule has 0 aliphatic heterocycles. The molecule has 2 heteroatoms. The van der Waals surface area contributed by atoms with E-state index in [2.05, 4.69) is 252 Å². The van der Waals surface area contributed by atoms with Crippen molar-refractivity contribution in [2.24, 2.45) is 0 Å². The molecule has 0 aliphatic carbocycles. The summed E-state index contributed by atoms with van der Waals surface area (Å²) in [5.41, 5.74) is 16.3. The SMILES string of the molecule is c1ccc(-c2ccc(N(c3cccc(-c4ccccc4)c3)c3ccc(-c4ccc(-n5c6ccccc6c6c7ccccc7ccc65)cc4)c(-c4ccccc4)c3)cc2)cc1. The number of fused-ring (bicyclic) bond motifs is 5. The van der Waals surface area contributed by atoms with Crippen LogP contribution in [0.1, 0.15) is 0 Å². The number of nitrogens with zero attached hydrogens (tertiary/aromatic N) is 2. The number of benzene rings is 10. The van der Waals surface area contributed by atoms with Crippen LogP contribution in [-0.2, 0) is 0 Å². The zero-order valence-corrected chi connectivity index (χ0v) is 33.0. The molecule has 282 valence electrons. The van der Waals surface area contributed by atoms with Crippen LogP contribution in [0, 0.1) is 0 Å². The molecule has 0 N–H and O–H groups in total. The van der Waals surface area contributed by atoms with Gasteiger partial charge in [-0.15, -0.1) is 0 Å². The molecule has 0 saturated heterocycles. The predicted octanol–water partition coefficient (Wildman–Crippen LogP) is 16.1. The molecule has 0 radical (unpaired) electrons. The molecule has 0 aliphatic rings. The highest BCUT2D eigenvalue weighted by molar-refractivity contribution is 6.21. The van der Waals surface area contributed by atoms with E-state index in [0.29, 0.717) is 0 Å². The van der Waals surface area contributed by atoms with Crippen molar-refractivity contribution < 1.29 is 0 Å². The Kier molecular flexibility index (Phi) is 8.87. The summed E-state index contributed by atoms with van der Waals surface area (Å²) in [6.07, 6.45) is 0. The van der Waals surface area contributed by atoms with E-state index in [4.69, 9.17) is 0 Å². The van der Waals surface area contributed by atoms with Gasteiger partial charge < -0.3 is 9.47 Å². The van der Waals surface area contributed by atoms with Crippen LogP contribution in [0.2, 0.25) is 0 Å². The molecule has 11 aromatic rings. The molecule has 0 amide bonds. The smallest absolute Gasteiger partial charge is 0.0547 e. The van der Waals surface area contributed by atoms with E-state index in [1.54, 1.807) is 0 Å². The van der Waals surface area contributed by atoms with Crippen LogP contribution in [0.3, 0.4) is 0 Å². The van der Waals surface area contributed by atoms with Gasteiger partial charge in [-0.3, -0.25) is 0 Å². The first kappa shape index (κ1) is 35.2. The molecule has 60 heavy (non-hydrogen) atoms. The monoisotopic (exact) mass is 764 g/mol. The van der Waals surface area contributed by atoms with Gasteiger partial charge in [-0.05, 0) is 116 Å². The van der Waals surface area contributed by atoms with Gasteiger partial charge in [0.25, 0.3) is 0 Å². The molecule has 0 bridgehead atoms. The van der Waals surface area contributed by atoms with Crippen LogP contribution in [0.15, 0.2) is 243 Å². The molecule has 10 aromatic carbocycles. The molecular weight excluding hydrogens is 725 g/mol. The molecule has 1 heterocycles. The first-order valence-corrected chi connectivity index (χ1v) is 20.6. The maximum Gasteiger partial charge on any atom is 0.0547 e. The van der Waals surface area contributed by atoms with Crippen molar-refractivity contribution in [3.05, 3.63) is 243 Å². The van der Waals surface area contributed by atoms with E-state index in [0.717, 1.165) is 22.7 Å². The lowest BCUT2D eigenvalue weighted by Gasteiger charge is -2.27. The van der Waals surface area contributed by atoms with Crippen LogP contribution in [0.25, 0.3) is 82.8 Å². The fraction of sp³-hybridized carbons (Fsp3) is 0. The number of hydrogen-bond acceptors (Lipinski definition) is 1. The van der Waals surface area contributed by atoms with Gasteiger partial charge in [0.05, 0.1) is 11.0 Å². The molecule has 1 aromatic heterocycles. The highest BCUT2D eigenvalue weighted by Gasteiger charge is 2.19. The zero-order valence-electron chi connectivity index (χ0n) is 33.0. The summed E-state index contributed by atoms with van der Waals surface area (Å²) in [4.78, 5) is 2.38. The number of aromatic nitrogens is 1. The highest BCUT2D eigenvalue weighted by atomic mass is 15.1. The van der Waals surface area contributed by atoms with E-state index >= 15 is 0 Å². The Balaban J connectivity index is 1.04. The minimum Gasteiger partial charge on any atom is -0.310 e. The quantitative estimate of drug-likeness (QED) is 0.150. The third-order valence-corrected chi connectivity index (χ3v) is 11.8. The van der Waals surface area contributed by atoms with E-state index in [1.165, 1.54) is 77.1 Å². The Hall–Kier alpha value is -7.94. The average Bonchev–Trinajstić information content (AvgIpc) is 3.68. The van der Waals surface area contributed by atoms with Crippen molar-refractivity contribution in [2.45, 2.75) is 0 Å². The predicted molar refractivity (Wildman–Crippen MR) is 255 cm³/mol. The summed E-state index contributed by atoms with van der Waals surface area (Å²) in [5, 5.41) is 5.10. The van der Waals surface area contributed by atoms with Gasteiger partial charge in [0, 0.05) is 33.5 Å². The van der Waals surface area contributed by atoms with Gasteiger partial charge in [-0.25, -0.2) is 0 Å². The van der Waals surface area contributed by atoms with Crippen LogP contribution in [0.4, 0.5) is 17.1 Å². The van der Waals surface area contributed by atoms with E-state index in [9.17, 15) is 0 Å². The van der Waals surface area contributed by atoms with Crippen molar-refractivity contribution in [2.75, 3.05) is 4.90 Å². The van der Waals surface area contributed by atoms with E-state index in [1.807, 2.05) is 0 Å². The molecule has 2 nitrogen and oxygen atoms in total. The van der Waals surface area contributed by atoms with Crippen molar-refractivity contribution in [1.82, 2.24) is 4.57 Å². The molecular formula is C58H40N2. The Morgan fingerprint density at radius 3 is 1.55 bits per heavy atom. The number of para-hydroxylation sites is 1. The molecule has 0 spiro atoms. The Labute approximate surface area is 350 Å². The zero-order chi connectivity index (χ0) is 39.8. The molecule has 0 atom stereocenters. The third-order valence-electron chi connectivity index (χ3n) is 11.8. The van der Waals surface area contributed by atoms with Crippen molar-refractivity contribution in [3.63, 3.8) is 0 Å². The first-order valence-electron chi connectivity index (χ1n) is 20.6. The summed E-state index contributed by atoms with van der Waals surface area (Å²) in [5.74, 6) is 0. The number of hydrogen-bond donors (Lipinski definition) is 0. The van der Waals surface area contributed by atoms with Crippen LogP contribution >= 0.6 is 0 Å². The highest BCUT2D eigenvalue weighted by Crippen LogP contribution is 2.43. The Morgan fingerprint density at radius 2 is 0.817 bits per heavy atom. The van der Waals surface area contributed by atoms with Crippen LogP contribution in [-0.4, -0.2) is 4.57 Å². The Morgan fingerprint density at radius 1 is 0.283 bits per heavy atom. The van der Waals surface area contributed by atoms with E-state index < -0.39 is 0 Å². The van der Waals surface area contributed by atoms with Gasteiger partial charge in [-0.1, -0.05) is 182 Å². The lowest BCUT2D eigenvalue weighted by molar-refractivity contribution is 1.18. The second kappa shape index (κ2) is 15.1. The first-order chi connectivity index (χ1) is 29.8. The fourth-order valence-corrected chi connectivity index (χ4v) is 8.92. The van der Waals surface area contributed by atoms with Crippen LogP contribution < -0.4 is 4.90 Å². The van der Waals surface area contributed by atoms with Crippen LogP contribution in [0.5, 0.6) is 0 Å². The van der Waals surface area contributed by atoms with Crippen molar-refractivity contribution >= 4 is 49.6 Å². The number of rotatable bonds is 8. The summed E-state index contributed by atoms with van der Waals surface area (Å²) < 4.78 is 2.41. The minimum atomic E-state index is 1.09. The maximum absolute atomic E-state index is 2.41. The topological polar surface area (TPSA) is 8.17 Å². The second-order valence-electron chi connectivity index (χ2n) is 15.3. The Bertz CT molecular complexity index is 3270. The third kappa shape index (κ3) is 6.32. The minimum absolute atomic E-state index is 1.09. The van der Waals surface area contributed by atoms with Crippen molar-refractivity contribution in [1.29, 1.82) is 0 Å². The summed E-state index contributed by atoms with van der Waals surface area (Å²) in [6, 6.07) is 87.8. The lowest BCUT2D eigenvalue weighted by atomic mass is 9.93. The number of anilines is 3. The van der Waals surface area contributed by atoms with E-state index in [-0.39, 0.29) is 0 Å². The fourth-order valence-electron chi connectivity index (χ4n) is 8.92.